The van der Waals surface area contributed by atoms with Crippen molar-refractivity contribution in [2.45, 2.75) is 45.7 Å². The van der Waals surface area contributed by atoms with Crippen molar-refractivity contribution < 1.29 is 24.3 Å². The molecule has 2 atom stereocenters. The number of fused-ring (bicyclic) bond motifs is 1. The number of H-pyrrole nitrogens is 1. The fourth-order valence-corrected chi connectivity index (χ4v) is 3.20. The maximum atomic E-state index is 12.3. The van der Waals surface area contributed by atoms with Crippen LogP contribution in [0.4, 0.5) is 0 Å². The molecule has 1 aromatic heterocycles. The van der Waals surface area contributed by atoms with Crippen LogP contribution >= 0.6 is 0 Å². The van der Waals surface area contributed by atoms with Crippen LogP contribution < -0.4 is 16.0 Å². The van der Waals surface area contributed by atoms with Gasteiger partial charge in [-0.2, -0.15) is 0 Å². The number of carboxylic acid groups (broad SMARTS) is 1. The molecular formula is C21H28N4O5. The molecule has 0 aliphatic rings. The Morgan fingerprint density at radius 1 is 1.07 bits per heavy atom. The Kier molecular flexibility index (Phi) is 7.97. The summed E-state index contributed by atoms with van der Waals surface area (Å²) in [6.45, 7) is 4.76. The maximum Gasteiger partial charge on any atom is 0.326 e. The number of para-hydroxylation sites is 1. The number of amides is 3. The summed E-state index contributed by atoms with van der Waals surface area (Å²) in [7, 11) is 0. The summed E-state index contributed by atoms with van der Waals surface area (Å²) < 4.78 is 0. The van der Waals surface area contributed by atoms with E-state index in [4.69, 9.17) is 0 Å². The molecule has 0 fully saturated rings. The van der Waals surface area contributed by atoms with Crippen molar-refractivity contribution in [2.24, 2.45) is 5.92 Å². The Hall–Kier alpha value is -3.36. The van der Waals surface area contributed by atoms with Crippen LogP contribution in [-0.4, -0.2) is 52.4 Å². The lowest BCUT2D eigenvalue weighted by molar-refractivity contribution is -0.141. The fraction of sp³-hybridized carbons (Fsp3) is 0.429. The Balaban J connectivity index is 1.95. The number of aromatic nitrogens is 1. The summed E-state index contributed by atoms with van der Waals surface area (Å²) in [6, 6.07) is 5.58. The summed E-state index contributed by atoms with van der Waals surface area (Å²) >= 11 is 0. The average molecular weight is 416 g/mol. The van der Waals surface area contributed by atoms with Crippen LogP contribution in [-0.2, 0) is 25.6 Å². The highest BCUT2D eigenvalue weighted by Crippen LogP contribution is 2.19. The molecule has 2 aromatic rings. The number of carbonyl (C=O) groups is 4. The molecule has 9 heteroatoms. The summed E-state index contributed by atoms with van der Waals surface area (Å²) in [5.41, 5.74) is 1.65. The van der Waals surface area contributed by atoms with Gasteiger partial charge < -0.3 is 26.0 Å². The molecule has 3 amide bonds. The number of nitrogens with one attached hydrogen (secondary N) is 4. The van der Waals surface area contributed by atoms with Crippen LogP contribution in [0.15, 0.2) is 30.5 Å². The van der Waals surface area contributed by atoms with Crippen LogP contribution in [0.25, 0.3) is 10.9 Å². The first kappa shape index (κ1) is 22.9. The molecule has 0 aliphatic carbocycles. The fourth-order valence-electron chi connectivity index (χ4n) is 3.20. The van der Waals surface area contributed by atoms with E-state index < -0.39 is 29.9 Å². The maximum absolute atomic E-state index is 12.3. The molecule has 0 unspecified atom stereocenters. The predicted molar refractivity (Wildman–Crippen MR) is 112 cm³/mol. The van der Waals surface area contributed by atoms with Gasteiger partial charge in [0.15, 0.2) is 0 Å². The minimum atomic E-state index is -1.17. The number of hydrogen-bond acceptors (Lipinski definition) is 4. The molecule has 162 valence electrons. The number of aromatic amines is 1. The van der Waals surface area contributed by atoms with Crippen molar-refractivity contribution in [2.75, 3.05) is 6.54 Å². The normalized spacial score (nSPS) is 12.9. The zero-order valence-corrected chi connectivity index (χ0v) is 17.3. The van der Waals surface area contributed by atoms with Gasteiger partial charge in [0.2, 0.25) is 17.7 Å². The number of carboxylic acids is 1. The molecule has 2 rings (SSSR count). The third-order valence-electron chi connectivity index (χ3n) is 4.56. The molecular weight excluding hydrogens is 388 g/mol. The molecule has 0 bridgehead atoms. The molecule has 0 spiro atoms. The lowest BCUT2D eigenvalue weighted by Gasteiger charge is -2.20. The number of carbonyl (C=O) groups excluding carboxylic acids is 3. The Labute approximate surface area is 174 Å². The van der Waals surface area contributed by atoms with Gasteiger partial charge in [-0.25, -0.2) is 4.79 Å². The number of aliphatic carboxylic acids is 1. The molecule has 1 aromatic carbocycles. The van der Waals surface area contributed by atoms with Crippen LogP contribution in [0.3, 0.4) is 0 Å². The van der Waals surface area contributed by atoms with E-state index in [1.807, 2.05) is 38.1 Å². The van der Waals surface area contributed by atoms with Gasteiger partial charge in [-0.05, 0) is 24.0 Å². The van der Waals surface area contributed by atoms with E-state index in [1.165, 1.54) is 6.92 Å². The summed E-state index contributed by atoms with van der Waals surface area (Å²) in [5, 5.41) is 17.8. The Morgan fingerprint density at radius 3 is 2.40 bits per heavy atom. The molecule has 0 saturated carbocycles. The van der Waals surface area contributed by atoms with E-state index in [-0.39, 0.29) is 24.8 Å². The Morgan fingerprint density at radius 2 is 1.77 bits per heavy atom. The van der Waals surface area contributed by atoms with Crippen molar-refractivity contribution >= 4 is 34.6 Å². The van der Waals surface area contributed by atoms with Gasteiger partial charge in [-0.1, -0.05) is 32.0 Å². The molecule has 1 heterocycles. The first-order chi connectivity index (χ1) is 14.2. The molecule has 0 aliphatic heterocycles. The van der Waals surface area contributed by atoms with Gasteiger partial charge in [-0.3, -0.25) is 14.4 Å². The van der Waals surface area contributed by atoms with Crippen LogP contribution in [0.5, 0.6) is 0 Å². The number of rotatable bonds is 10. The van der Waals surface area contributed by atoms with Gasteiger partial charge in [-0.15, -0.1) is 0 Å². The molecule has 9 nitrogen and oxygen atoms in total. The minimum Gasteiger partial charge on any atom is -0.480 e. The smallest absolute Gasteiger partial charge is 0.326 e. The lowest BCUT2D eigenvalue weighted by Crippen LogP contribution is -2.51. The highest BCUT2D eigenvalue weighted by molar-refractivity contribution is 5.91. The van der Waals surface area contributed by atoms with Crippen molar-refractivity contribution in [1.82, 2.24) is 20.9 Å². The van der Waals surface area contributed by atoms with E-state index in [2.05, 4.69) is 20.9 Å². The Bertz CT molecular complexity index is 921. The van der Waals surface area contributed by atoms with Crippen molar-refractivity contribution in [3.8, 4) is 0 Å². The second-order valence-corrected chi connectivity index (χ2v) is 7.62. The summed E-state index contributed by atoms with van der Waals surface area (Å²) in [5.74, 6) is -2.46. The second kappa shape index (κ2) is 10.4. The highest BCUT2D eigenvalue weighted by Gasteiger charge is 2.24. The SMILES string of the molecule is CC(=O)N[C@@H](CC(C)C)C(=O)NCC(=O)N[C@@H](Cc1c[nH]c2ccccc12)C(=O)O. The third kappa shape index (κ3) is 6.61. The predicted octanol–water partition coefficient (Wildman–Crippen LogP) is 0.947. The van der Waals surface area contributed by atoms with Crippen molar-refractivity contribution in [1.29, 1.82) is 0 Å². The first-order valence-electron chi connectivity index (χ1n) is 9.79. The minimum absolute atomic E-state index is 0.0981. The van der Waals surface area contributed by atoms with E-state index in [0.29, 0.717) is 6.42 Å². The van der Waals surface area contributed by atoms with Crippen molar-refractivity contribution in [3.63, 3.8) is 0 Å². The van der Waals surface area contributed by atoms with Crippen LogP contribution in [0, 0.1) is 5.92 Å². The topological polar surface area (TPSA) is 140 Å². The van der Waals surface area contributed by atoms with Gasteiger partial charge in [0.05, 0.1) is 6.54 Å². The van der Waals surface area contributed by atoms with Crippen LogP contribution in [0.2, 0.25) is 0 Å². The van der Waals surface area contributed by atoms with E-state index in [1.54, 1.807) is 6.20 Å². The molecule has 30 heavy (non-hydrogen) atoms. The zero-order valence-electron chi connectivity index (χ0n) is 17.3. The van der Waals surface area contributed by atoms with Gasteiger partial charge in [0, 0.05) is 30.4 Å². The standard InChI is InChI=1S/C21H28N4O5/c1-12(2)8-17(24-13(3)26)20(28)23-11-19(27)25-18(21(29)30)9-14-10-22-16-7-5-4-6-15(14)16/h4-7,10,12,17-18,22H,8-9,11H2,1-3H3,(H,23,28)(H,24,26)(H,25,27)(H,29,30)/t17-,18-/m0/s1. The lowest BCUT2D eigenvalue weighted by atomic mass is 10.0. The number of hydrogen-bond donors (Lipinski definition) is 5. The van der Waals surface area contributed by atoms with Crippen molar-refractivity contribution in [3.05, 3.63) is 36.0 Å². The van der Waals surface area contributed by atoms with E-state index in [0.717, 1.165) is 16.5 Å². The number of benzene rings is 1. The monoisotopic (exact) mass is 416 g/mol. The van der Waals surface area contributed by atoms with Gasteiger partial charge >= 0.3 is 5.97 Å². The zero-order chi connectivity index (χ0) is 22.3. The van der Waals surface area contributed by atoms with Gasteiger partial charge in [0.1, 0.15) is 12.1 Å². The highest BCUT2D eigenvalue weighted by atomic mass is 16.4. The third-order valence-corrected chi connectivity index (χ3v) is 4.56. The van der Waals surface area contributed by atoms with Gasteiger partial charge in [0.25, 0.3) is 0 Å². The quantitative estimate of drug-likeness (QED) is 0.392. The molecule has 0 saturated heterocycles. The average Bonchev–Trinajstić information content (AvgIpc) is 3.07. The summed E-state index contributed by atoms with van der Waals surface area (Å²) in [4.78, 5) is 50.6. The second-order valence-electron chi connectivity index (χ2n) is 7.62. The van der Waals surface area contributed by atoms with Crippen LogP contribution in [0.1, 0.15) is 32.8 Å². The van der Waals surface area contributed by atoms with E-state index in [9.17, 15) is 24.3 Å². The largest absolute Gasteiger partial charge is 0.480 e. The summed E-state index contributed by atoms with van der Waals surface area (Å²) in [6.07, 6.45) is 2.24. The molecule has 0 radical (unpaired) electrons. The van der Waals surface area contributed by atoms with E-state index >= 15 is 0 Å². The first-order valence-corrected chi connectivity index (χ1v) is 9.79. The molecule has 5 N–H and O–H groups in total.